The van der Waals surface area contributed by atoms with Crippen molar-refractivity contribution in [3.05, 3.63) is 64.2 Å². The molecule has 0 radical (unpaired) electrons. The largest absolute Gasteiger partial charge is 0.279 e. The Morgan fingerprint density at radius 2 is 1.89 bits per heavy atom. The second-order valence-corrected chi connectivity index (χ2v) is 4.34. The molecule has 2 rings (SSSR count). The van der Waals surface area contributed by atoms with E-state index < -0.39 is 11.6 Å². The normalized spacial score (nSPS) is 10.9. The Kier molecular flexibility index (Phi) is 4.12. The number of nitrogens with one attached hydrogen (secondary N) is 1. The molecule has 98 valence electrons. The first-order chi connectivity index (χ1) is 9.09. The van der Waals surface area contributed by atoms with Gasteiger partial charge in [0.25, 0.3) is 0 Å². The van der Waals surface area contributed by atoms with Crippen LogP contribution in [-0.4, -0.2) is 6.21 Å². The minimum atomic E-state index is -0.705. The molecule has 0 aliphatic heterocycles. The highest BCUT2D eigenvalue weighted by Gasteiger charge is 2.12. The molecular weight excluding hydrogens is 270 g/mol. The molecule has 19 heavy (non-hydrogen) atoms. The zero-order valence-electron chi connectivity index (χ0n) is 10.1. The van der Waals surface area contributed by atoms with Gasteiger partial charge in [-0.2, -0.15) is 5.10 Å². The molecule has 0 spiro atoms. The number of para-hydroxylation sites is 1. The summed E-state index contributed by atoms with van der Waals surface area (Å²) in [5.74, 6) is -1.38. The lowest BCUT2D eigenvalue weighted by Gasteiger charge is -2.05. The van der Waals surface area contributed by atoms with E-state index in [4.69, 9.17) is 11.6 Å². The van der Waals surface area contributed by atoms with E-state index in [0.29, 0.717) is 0 Å². The molecular formula is C14H11ClF2N2. The van der Waals surface area contributed by atoms with Crippen LogP contribution in [-0.2, 0) is 0 Å². The second-order valence-electron chi connectivity index (χ2n) is 3.93. The summed E-state index contributed by atoms with van der Waals surface area (Å²) in [4.78, 5) is 0. The van der Waals surface area contributed by atoms with Crippen LogP contribution in [0.2, 0.25) is 5.02 Å². The third kappa shape index (κ3) is 3.09. The fourth-order valence-corrected chi connectivity index (χ4v) is 1.74. The number of benzene rings is 2. The van der Waals surface area contributed by atoms with Crippen LogP contribution in [0.1, 0.15) is 11.1 Å². The molecule has 0 aliphatic carbocycles. The number of hydrogen-bond acceptors (Lipinski definition) is 2. The summed E-state index contributed by atoms with van der Waals surface area (Å²) < 4.78 is 27.0. The zero-order chi connectivity index (χ0) is 13.8. The van der Waals surface area contributed by atoms with Crippen molar-refractivity contribution in [3.63, 3.8) is 0 Å². The monoisotopic (exact) mass is 280 g/mol. The van der Waals surface area contributed by atoms with E-state index in [2.05, 4.69) is 10.5 Å². The van der Waals surface area contributed by atoms with Gasteiger partial charge < -0.3 is 0 Å². The zero-order valence-corrected chi connectivity index (χ0v) is 10.9. The van der Waals surface area contributed by atoms with Crippen molar-refractivity contribution in [1.29, 1.82) is 0 Å². The molecule has 0 saturated heterocycles. The molecule has 2 aromatic carbocycles. The second kappa shape index (κ2) is 5.80. The van der Waals surface area contributed by atoms with Crippen LogP contribution in [0, 0.1) is 18.6 Å². The van der Waals surface area contributed by atoms with Gasteiger partial charge in [0.15, 0.2) is 0 Å². The lowest BCUT2D eigenvalue weighted by atomic mass is 10.1. The van der Waals surface area contributed by atoms with E-state index in [-0.39, 0.29) is 16.1 Å². The van der Waals surface area contributed by atoms with E-state index in [1.54, 1.807) is 0 Å². The number of rotatable bonds is 3. The molecule has 0 amide bonds. The van der Waals surface area contributed by atoms with Crippen LogP contribution >= 0.6 is 11.6 Å². The lowest BCUT2D eigenvalue weighted by Crippen LogP contribution is -1.99. The van der Waals surface area contributed by atoms with Gasteiger partial charge in [-0.15, -0.1) is 0 Å². The van der Waals surface area contributed by atoms with Gasteiger partial charge in [0, 0.05) is 11.1 Å². The van der Waals surface area contributed by atoms with Crippen LogP contribution in [0.3, 0.4) is 0 Å². The van der Waals surface area contributed by atoms with Crippen LogP contribution in [0.25, 0.3) is 0 Å². The standard InChI is InChI=1S/C14H11ClF2N2/c1-9-13(16)7-12(15)11(14(9)17)8-18-19-10-5-3-2-4-6-10/h2-8,19H,1H3. The molecule has 0 saturated carbocycles. The van der Waals surface area contributed by atoms with Gasteiger partial charge in [0.1, 0.15) is 11.6 Å². The van der Waals surface area contributed by atoms with Crippen molar-refractivity contribution >= 4 is 23.5 Å². The van der Waals surface area contributed by atoms with Crippen molar-refractivity contribution in [3.8, 4) is 0 Å². The van der Waals surface area contributed by atoms with Crippen LogP contribution in [0.5, 0.6) is 0 Å². The van der Waals surface area contributed by atoms with Gasteiger partial charge in [-0.1, -0.05) is 29.8 Å². The quantitative estimate of drug-likeness (QED) is 0.655. The molecule has 0 fully saturated rings. The molecule has 0 unspecified atom stereocenters. The number of nitrogens with zero attached hydrogens (tertiary/aromatic N) is 1. The molecule has 5 heteroatoms. The van der Waals surface area contributed by atoms with E-state index >= 15 is 0 Å². The van der Waals surface area contributed by atoms with Gasteiger partial charge in [0.2, 0.25) is 0 Å². The summed E-state index contributed by atoms with van der Waals surface area (Å²) in [6.45, 7) is 1.35. The number of anilines is 1. The van der Waals surface area contributed by atoms with E-state index in [1.807, 2.05) is 30.3 Å². The van der Waals surface area contributed by atoms with Gasteiger partial charge in [-0.05, 0) is 25.1 Å². The Morgan fingerprint density at radius 1 is 1.21 bits per heavy atom. The fraction of sp³-hybridized carbons (Fsp3) is 0.0714. The first kappa shape index (κ1) is 13.5. The Hall–Kier alpha value is -1.94. The minimum Gasteiger partial charge on any atom is -0.279 e. The van der Waals surface area contributed by atoms with Crippen molar-refractivity contribution < 1.29 is 8.78 Å². The van der Waals surface area contributed by atoms with E-state index in [0.717, 1.165) is 11.8 Å². The summed E-state index contributed by atoms with van der Waals surface area (Å²) in [7, 11) is 0. The highest BCUT2D eigenvalue weighted by Crippen LogP contribution is 2.23. The Labute approximate surface area is 114 Å². The predicted molar refractivity (Wildman–Crippen MR) is 73.8 cm³/mol. The Morgan fingerprint density at radius 3 is 2.58 bits per heavy atom. The van der Waals surface area contributed by atoms with Crippen molar-refractivity contribution in [2.24, 2.45) is 5.10 Å². The molecule has 0 aromatic heterocycles. The maximum absolute atomic E-state index is 13.8. The molecule has 1 N–H and O–H groups in total. The number of hydrogen-bond donors (Lipinski definition) is 1. The molecule has 0 heterocycles. The Bertz CT molecular complexity index is 613. The maximum Gasteiger partial charge on any atom is 0.139 e. The first-order valence-electron chi connectivity index (χ1n) is 5.58. The van der Waals surface area contributed by atoms with E-state index in [1.165, 1.54) is 13.1 Å². The average Bonchev–Trinajstić information content (AvgIpc) is 2.41. The summed E-state index contributed by atoms with van der Waals surface area (Å²) >= 11 is 5.79. The molecule has 2 aromatic rings. The highest BCUT2D eigenvalue weighted by molar-refractivity contribution is 6.33. The minimum absolute atomic E-state index is 0.0146. The maximum atomic E-state index is 13.8. The SMILES string of the molecule is Cc1c(F)cc(Cl)c(C=NNc2ccccc2)c1F. The smallest absolute Gasteiger partial charge is 0.139 e. The molecule has 0 bridgehead atoms. The lowest BCUT2D eigenvalue weighted by molar-refractivity contribution is 0.567. The summed E-state index contributed by atoms with van der Waals surface area (Å²) in [5, 5.41) is 3.87. The van der Waals surface area contributed by atoms with E-state index in [9.17, 15) is 8.78 Å². The van der Waals surface area contributed by atoms with Gasteiger partial charge >= 0.3 is 0 Å². The summed E-state index contributed by atoms with van der Waals surface area (Å²) in [6, 6.07) is 10.2. The first-order valence-corrected chi connectivity index (χ1v) is 5.95. The van der Waals surface area contributed by atoms with Crippen molar-refractivity contribution in [1.82, 2.24) is 0 Å². The van der Waals surface area contributed by atoms with Crippen molar-refractivity contribution in [2.45, 2.75) is 6.92 Å². The van der Waals surface area contributed by atoms with Gasteiger partial charge in [-0.25, -0.2) is 8.78 Å². The molecule has 0 atom stereocenters. The molecule has 0 aliphatic rings. The van der Waals surface area contributed by atoms with Crippen molar-refractivity contribution in [2.75, 3.05) is 5.43 Å². The van der Waals surface area contributed by atoms with Gasteiger partial charge in [0.05, 0.1) is 16.9 Å². The number of halogens is 3. The fourth-order valence-electron chi connectivity index (χ4n) is 1.51. The predicted octanol–water partition coefficient (Wildman–Crippen LogP) is 4.37. The third-order valence-corrected chi connectivity index (χ3v) is 2.91. The summed E-state index contributed by atoms with van der Waals surface area (Å²) in [6.07, 6.45) is 1.23. The number of hydrazone groups is 1. The summed E-state index contributed by atoms with van der Waals surface area (Å²) in [5.41, 5.74) is 3.47. The Balaban J connectivity index is 2.22. The van der Waals surface area contributed by atoms with Gasteiger partial charge in [-0.3, -0.25) is 5.43 Å². The third-order valence-electron chi connectivity index (χ3n) is 2.60. The highest BCUT2D eigenvalue weighted by atomic mass is 35.5. The molecule has 2 nitrogen and oxygen atoms in total. The van der Waals surface area contributed by atoms with Crippen LogP contribution in [0.15, 0.2) is 41.5 Å². The van der Waals surface area contributed by atoms with Crippen LogP contribution < -0.4 is 5.43 Å². The van der Waals surface area contributed by atoms with Crippen LogP contribution in [0.4, 0.5) is 14.5 Å². The average molecular weight is 281 g/mol. The topological polar surface area (TPSA) is 24.4 Å².